The van der Waals surface area contributed by atoms with Crippen molar-refractivity contribution in [3.05, 3.63) is 34.4 Å². The zero-order valence-electron chi connectivity index (χ0n) is 12.0. The third-order valence-electron chi connectivity index (χ3n) is 3.99. The Bertz CT molecular complexity index is 425. The summed E-state index contributed by atoms with van der Waals surface area (Å²) in [6, 6.07) is 3.71. The van der Waals surface area contributed by atoms with Crippen LogP contribution in [0.25, 0.3) is 0 Å². The van der Waals surface area contributed by atoms with Gasteiger partial charge in [-0.05, 0) is 63.7 Å². The number of aryl methyl sites for hydroxylation is 3. The molecule has 1 unspecified atom stereocenters. The molecule has 1 aromatic rings. The Morgan fingerprint density at radius 2 is 1.84 bits per heavy atom. The van der Waals surface area contributed by atoms with E-state index in [0.29, 0.717) is 11.1 Å². The summed E-state index contributed by atoms with van der Waals surface area (Å²) in [6.45, 7) is 7.22. The normalized spacial score (nSPS) is 20.6. The fraction of sp³-hybridized carbons (Fsp3) is 0.625. The van der Waals surface area contributed by atoms with E-state index in [-0.39, 0.29) is 17.9 Å². The third-order valence-corrected chi connectivity index (χ3v) is 3.99. The van der Waals surface area contributed by atoms with E-state index in [2.05, 4.69) is 5.32 Å². The van der Waals surface area contributed by atoms with Gasteiger partial charge in [-0.3, -0.25) is 0 Å². The highest BCUT2D eigenvalue weighted by Crippen LogP contribution is 2.40. The van der Waals surface area contributed by atoms with Gasteiger partial charge in [0.15, 0.2) is 0 Å². The summed E-state index contributed by atoms with van der Waals surface area (Å²) in [7, 11) is 0. The lowest BCUT2D eigenvalue weighted by molar-refractivity contribution is -0.0328. The van der Waals surface area contributed by atoms with Crippen molar-refractivity contribution in [2.24, 2.45) is 5.92 Å². The molecule has 1 atom stereocenters. The minimum atomic E-state index is -2.72. The molecule has 0 aliphatic carbocycles. The minimum absolute atomic E-state index is 0.0370. The maximum Gasteiger partial charge on any atom is 0.274 e. The molecular weight excluding hydrogens is 244 g/mol. The van der Waals surface area contributed by atoms with Crippen LogP contribution in [0.4, 0.5) is 8.78 Å². The highest BCUT2D eigenvalue weighted by molar-refractivity contribution is 5.40. The van der Waals surface area contributed by atoms with E-state index >= 15 is 0 Å². The number of nitrogens with one attached hydrogen (secondary N) is 1. The molecule has 0 saturated carbocycles. The van der Waals surface area contributed by atoms with Gasteiger partial charge < -0.3 is 5.32 Å². The maximum absolute atomic E-state index is 14.6. The first-order chi connectivity index (χ1) is 8.90. The average Bonchev–Trinajstić information content (AvgIpc) is 2.27. The molecule has 0 radical (unpaired) electrons. The molecule has 1 fully saturated rings. The summed E-state index contributed by atoms with van der Waals surface area (Å²) < 4.78 is 29.1. The number of alkyl halides is 2. The zero-order chi connectivity index (χ0) is 14.0. The fourth-order valence-corrected chi connectivity index (χ4v) is 3.32. The van der Waals surface area contributed by atoms with Gasteiger partial charge in [-0.15, -0.1) is 0 Å². The molecule has 1 aliphatic rings. The molecule has 1 heterocycles. The van der Waals surface area contributed by atoms with Crippen LogP contribution < -0.4 is 5.32 Å². The van der Waals surface area contributed by atoms with Crippen LogP contribution in [0.1, 0.15) is 41.5 Å². The smallest absolute Gasteiger partial charge is 0.274 e. The first-order valence-electron chi connectivity index (χ1n) is 7.07. The summed E-state index contributed by atoms with van der Waals surface area (Å²) in [4.78, 5) is 0. The van der Waals surface area contributed by atoms with E-state index in [0.717, 1.165) is 31.5 Å². The van der Waals surface area contributed by atoms with Gasteiger partial charge in [0.2, 0.25) is 0 Å². The largest absolute Gasteiger partial charge is 0.316 e. The van der Waals surface area contributed by atoms with Crippen molar-refractivity contribution in [1.29, 1.82) is 0 Å². The summed E-state index contributed by atoms with van der Waals surface area (Å²) in [5, 5.41) is 3.21. The van der Waals surface area contributed by atoms with Gasteiger partial charge in [-0.25, -0.2) is 8.78 Å². The van der Waals surface area contributed by atoms with Crippen LogP contribution in [0.5, 0.6) is 0 Å². The van der Waals surface area contributed by atoms with Gasteiger partial charge >= 0.3 is 0 Å². The second-order valence-corrected chi connectivity index (χ2v) is 5.89. The molecule has 1 saturated heterocycles. The zero-order valence-corrected chi connectivity index (χ0v) is 12.0. The van der Waals surface area contributed by atoms with E-state index in [1.165, 1.54) is 0 Å². The Kier molecular flexibility index (Phi) is 4.24. The Morgan fingerprint density at radius 3 is 2.37 bits per heavy atom. The molecule has 106 valence electrons. The molecule has 0 bridgehead atoms. The molecule has 2 rings (SSSR count). The summed E-state index contributed by atoms with van der Waals surface area (Å²) in [5.41, 5.74) is 2.72. The SMILES string of the molecule is Cc1cc(C)c(C(F)(F)CC2CCCNC2)c(C)c1. The van der Waals surface area contributed by atoms with Gasteiger partial charge in [0, 0.05) is 12.0 Å². The van der Waals surface area contributed by atoms with Gasteiger partial charge in [-0.2, -0.15) is 0 Å². The number of halogens is 2. The third kappa shape index (κ3) is 3.33. The van der Waals surface area contributed by atoms with Crippen molar-refractivity contribution >= 4 is 0 Å². The predicted octanol–water partition coefficient (Wildman–Crippen LogP) is 4.09. The van der Waals surface area contributed by atoms with Crippen molar-refractivity contribution in [2.45, 2.75) is 46.0 Å². The number of piperidine rings is 1. The van der Waals surface area contributed by atoms with Crippen LogP contribution in [0, 0.1) is 26.7 Å². The average molecular weight is 267 g/mol. The maximum atomic E-state index is 14.6. The Balaban J connectivity index is 2.23. The van der Waals surface area contributed by atoms with Gasteiger partial charge in [0.1, 0.15) is 0 Å². The topological polar surface area (TPSA) is 12.0 Å². The van der Waals surface area contributed by atoms with Crippen LogP contribution in [-0.4, -0.2) is 13.1 Å². The highest BCUT2D eigenvalue weighted by Gasteiger charge is 2.37. The van der Waals surface area contributed by atoms with Crippen LogP contribution in [0.3, 0.4) is 0 Å². The standard InChI is InChI=1S/C16H23F2N/c1-11-7-12(2)15(13(3)8-11)16(17,18)9-14-5-4-6-19-10-14/h7-8,14,19H,4-6,9-10H2,1-3H3. The molecule has 0 spiro atoms. The van der Waals surface area contributed by atoms with E-state index < -0.39 is 5.92 Å². The highest BCUT2D eigenvalue weighted by atomic mass is 19.3. The second-order valence-electron chi connectivity index (χ2n) is 5.89. The van der Waals surface area contributed by atoms with Gasteiger partial charge in [0.05, 0.1) is 0 Å². The van der Waals surface area contributed by atoms with E-state index in [9.17, 15) is 8.78 Å². The van der Waals surface area contributed by atoms with Crippen molar-refractivity contribution in [2.75, 3.05) is 13.1 Å². The van der Waals surface area contributed by atoms with Crippen molar-refractivity contribution < 1.29 is 8.78 Å². The molecule has 3 heteroatoms. The molecule has 1 aliphatic heterocycles. The first kappa shape index (κ1) is 14.4. The number of benzene rings is 1. The van der Waals surface area contributed by atoms with E-state index in [4.69, 9.17) is 0 Å². The minimum Gasteiger partial charge on any atom is -0.316 e. The lowest BCUT2D eigenvalue weighted by Crippen LogP contribution is -2.33. The Labute approximate surface area is 114 Å². The summed E-state index contributed by atoms with van der Waals surface area (Å²) >= 11 is 0. The van der Waals surface area contributed by atoms with Gasteiger partial charge in [-0.1, -0.05) is 17.7 Å². The van der Waals surface area contributed by atoms with Gasteiger partial charge in [0.25, 0.3) is 5.92 Å². The van der Waals surface area contributed by atoms with E-state index in [1.807, 2.05) is 19.1 Å². The van der Waals surface area contributed by atoms with Crippen molar-refractivity contribution in [3.8, 4) is 0 Å². The van der Waals surface area contributed by atoms with Crippen molar-refractivity contribution in [1.82, 2.24) is 5.32 Å². The lowest BCUT2D eigenvalue weighted by Gasteiger charge is -2.29. The molecule has 1 aromatic carbocycles. The molecule has 0 amide bonds. The second kappa shape index (κ2) is 5.58. The summed E-state index contributed by atoms with van der Waals surface area (Å²) in [6.07, 6.45) is 1.88. The monoisotopic (exact) mass is 267 g/mol. The lowest BCUT2D eigenvalue weighted by atomic mass is 9.86. The molecule has 1 nitrogen and oxygen atoms in total. The number of rotatable bonds is 3. The van der Waals surface area contributed by atoms with Crippen molar-refractivity contribution in [3.63, 3.8) is 0 Å². The van der Waals surface area contributed by atoms with Crippen LogP contribution in [0.2, 0.25) is 0 Å². The number of hydrogen-bond acceptors (Lipinski definition) is 1. The molecule has 1 N–H and O–H groups in total. The van der Waals surface area contributed by atoms with Crippen LogP contribution in [-0.2, 0) is 5.92 Å². The fourth-order valence-electron chi connectivity index (χ4n) is 3.32. The first-order valence-corrected chi connectivity index (χ1v) is 7.07. The van der Waals surface area contributed by atoms with Crippen LogP contribution >= 0.6 is 0 Å². The Morgan fingerprint density at radius 1 is 1.21 bits per heavy atom. The quantitative estimate of drug-likeness (QED) is 0.869. The predicted molar refractivity (Wildman–Crippen MR) is 74.8 cm³/mol. The molecular formula is C16H23F2N. The molecule has 0 aromatic heterocycles. The number of hydrogen-bond donors (Lipinski definition) is 1. The Hall–Kier alpha value is -0.960. The van der Waals surface area contributed by atoms with Crippen LogP contribution in [0.15, 0.2) is 12.1 Å². The molecule has 19 heavy (non-hydrogen) atoms. The van der Waals surface area contributed by atoms with E-state index in [1.54, 1.807) is 13.8 Å². The summed E-state index contributed by atoms with van der Waals surface area (Å²) in [5.74, 6) is -2.63.